The van der Waals surface area contributed by atoms with E-state index < -0.39 is 18.6 Å². The lowest BCUT2D eigenvalue weighted by molar-refractivity contribution is -0.863. The fourth-order valence-corrected chi connectivity index (χ4v) is 5.45. The van der Waals surface area contributed by atoms with E-state index in [1.54, 1.807) is 5.98 Å². The lowest BCUT2D eigenvalue weighted by Gasteiger charge is -2.59. The SMILES string of the molecule is CC(C1CCCCC1)[N@+]12CC(=O)C(C1)C(=O)O[B-]2(O)C=Cc1ccccc1. The molecule has 2 bridgehead atoms. The highest BCUT2D eigenvalue weighted by atomic mass is 16.6. The van der Waals surface area contributed by atoms with Crippen LogP contribution in [0.4, 0.5) is 0 Å². The molecule has 2 saturated heterocycles. The molecule has 0 radical (unpaired) electrons. The second-order valence-corrected chi connectivity index (χ2v) is 8.57. The van der Waals surface area contributed by atoms with Crippen LogP contribution in [0.15, 0.2) is 36.3 Å². The van der Waals surface area contributed by atoms with Gasteiger partial charge in [-0.3, -0.25) is 9.59 Å². The largest absolute Gasteiger partial charge is 0.611 e. The van der Waals surface area contributed by atoms with E-state index >= 15 is 0 Å². The molecule has 1 N–H and O–H groups in total. The van der Waals surface area contributed by atoms with Crippen LogP contribution in [-0.4, -0.2) is 47.0 Å². The molecule has 0 amide bonds. The van der Waals surface area contributed by atoms with E-state index in [0.717, 1.165) is 18.4 Å². The molecular weight excluding hydrogens is 341 g/mol. The Hall–Kier alpha value is -1.92. The van der Waals surface area contributed by atoms with Gasteiger partial charge in [0.15, 0.2) is 5.92 Å². The number of fused-ring (bicyclic) bond motifs is 2. The van der Waals surface area contributed by atoms with Crippen LogP contribution in [0.1, 0.15) is 44.6 Å². The average molecular weight is 369 g/mol. The van der Waals surface area contributed by atoms with E-state index in [0.29, 0.717) is 12.5 Å². The van der Waals surface area contributed by atoms with Crippen molar-refractivity contribution in [3.05, 3.63) is 41.9 Å². The van der Waals surface area contributed by atoms with Crippen LogP contribution in [0.5, 0.6) is 0 Å². The van der Waals surface area contributed by atoms with Crippen molar-refractivity contribution < 1.29 is 23.7 Å². The van der Waals surface area contributed by atoms with E-state index in [2.05, 4.69) is 6.92 Å². The van der Waals surface area contributed by atoms with Gasteiger partial charge in [-0.1, -0.05) is 55.7 Å². The third-order valence-corrected chi connectivity index (χ3v) is 7.15. The third-order valence-electron chi connectivity index (χ3n) is 7.15. The molecule has 144 valence electrons. The van der Waals surface area contributed by atoms with Gasteiger partial charge in [-0.15, -0.1) is 5.98 Å². The van der Waals surface area contributed by atoms with Crippen molar-refractivity contribution in [3.63, 3.8) is 0 Å². The first-order valence-corrected chi connectivity index (χ1v) is 10.2. The van der Waals surface area contributed by atoms with Crippen LogP contribution in [0.3, 0.4) is 0 Å². The minimum atomic E-state index is -2.62. The van der Waals surface area contributed by atoms with Gasteiger partial charge in [0, 0.05) is 5.92 Å². The van der Waals surface area contributed by atoms with E-state index in [-0.39, 0.29) is 22.8 Å². The number of hydrogen-bond acceptors (Lipinski definition) is 4. The summed E-state index contributed by atoms with van der Waals surface area (Å²) >= 11 is 0. The quantitative estimate of drug-likeness (QED) is 0.655. The second kappa shape index (κ2) is 6.91. The molecule has 4 atom stereocenters. The molecular formula is C21H28BNO4. The number of rotatable bonds is 4. The molecule has 2 aliphatic heterocycles. The van der Waals surface area contributed by atoms with E-state index in [4.69, 9.17) is 4.65 Å². The molecule has 2 heterocycles. The number of carbonyl (C=O) groups excluding carboxylic acids is 2. The molecule has 0 aromatic heterocycles. The number of quaternary nitrogens is 1. The number of nitrogens with zero attached hydrogens (tertiary/aromatic N) is 1. The van der Waals surface area contributed by atoms with Crippen LogP contribution in [-0.2, 0) is 14.2 Å². The summed E-state index contributed by atoms with van der Waals surface area (Å²) in [7, 11) is 0. The van der Waals surface area contributed by atoms with Gasteiger partial charge < -0.3 is 14.1 Å². The molecule has 1 aliphatic carbocycles. The lowest BCUT2D eigenvalue weighted by Crippen LogP contribution is -2.75. The molecule has 4 rings (SSSR count). The van der Waals surface area contributed by atoms with Crippen molar-refractivity contribution in [2.45, 2.75) is 45.1 Å². The Morgan fingerprint density at radius 1 is 1.19 bits per heavy atom. The summed E-state index contributed by atoms with van der Waals surface area (Å²) in [4.78, 5) is 25.0. The van der Waals surface area contributed by atoms with Crippen LogP contribution < -0.4 is 0 Å². The molecule has 3 aliphatic rings. The fourth-order valence-electron chi connectivity index (χ4n) is 5.45. The normalized spacial score (nSPS) is 35.4. The van der Waals surface area contributed by atoms with Crippen LogP contribution in [0.25, 0.3) is 6.08 Å². The van der Waals surface area contributed by atoms with Gasteiger partial charge >= 0.3 is 6.69 Å². The van der Waals surface area contributed by atoms with Crippen molar-refractivity contribution in [3.8, 4) is 0 Å². The van der Waals surface area contributed by atoms with Gasteiger partial charge in [-0.2, -0.15) is 0 Å². The molecule has 5 nitrogen and oxygen atoms in total. The maximum absolute atomic E-state index is 12.6. The zero-order valence-electron chi connectivity index (χ0n) is 15.9. The Morgan fingerprint density at radius 3 is 2.59 bits per heavy atom. The van der Waals surface area contributed by atoms with Gasteiger partial charge in [-0.05, 0) is 25.3 Å². The standard InChI is InChI=1S/C21H28BNO4/c1-16(18-10-6-3-7-11-18)23-14-19(20(24)15-23)21(25)27-22(23,26)13-12-17-8-4-2-5-9-17/h2,4-5,8-9,12-13,16,18-19,26H,3,6-7,10-11,14-15H2,1H3/t16?,19?,22?,23-/m1/s1. The Balaban J connectivity index is 1.71. The second-order valence-electron chi connectivity index (χ2n) is 8.57. The Morgan fingerprint density at radius 2 is 1.89 bits per heavy atom. The summed E-state index contributed by atoms with van der Waals surface area (Å²) in [5.41, 5.74) is 0.931. The first-order chi connectivity index (χ1) is 13.0. The maximum atomic E-state index is 12.6. The van der Waals surface area contributed by atoms with Gasteiger partial charge in [-0.25, -0.2) is 0 Å². The highest BCUT2D eigenvalue weighted by Gasteiger charge is 2.64. The molecule has 3 fully saturated rings. The molecule has 1 aromatic rings. The number of Topliss-reactive ketones (excluding diaryl/α,β-unsaturated/α-hetero) is 1. The van der Waals surface area contributed by atoms with Crippen LogP contribution in [0.2, 0.25) is 0 Å². The van der Waals surface area contributed by atoms with Crippen LogP contribution in [0, 0.1) is 11.8 Å². The average Bonchev–Trinajstić information content (AvgIpc) is 3.03. The predicted molar refractivity (Wildman–Crippen MR) is 104 cm³/mol. The lowest BCUT2D eigenvalue weighted by atomic mass is 9.61. The summed E-state index contributed by atoms with van der Waals surface area (Å²) in [6.45, 7) is 0.0633. The zero-order chi connectivity index (χ0) is 19.1. The number of carbonyl (C=O) groups is 2. The van der Waals surface area contributed by atoms with Gasteiger partial charge in [0.2, 0.25) is 5.78 Å². The molecule has 0 spiro atoms. The van der Waals surface area contributed by atoms with Gasteiger partial charge in [0.05, 0.1) is 12.6 Å². The van der Waals surface area contributed by atoms with Crippen molar-refractivity contribution in [2.75, 3.05) is 13.1 Å². The minimum Gasteiger partial charge on any atom is -0.611 e. The topological polar surface area (TPSA) is 63.6 Å². The Bertz CT molecular complexity index is 761. The van der Waals surface area contributed by atoms with Crippen molar-refractivity contribution in [2.24, 2.45) is 11.8 Å². The summed E-state index contributed by atoms with van der Waals surface area (Å²) in [5, 5.41) is 11.6. The first-order valence-electron chi connectivity index (χ1n) is 10.2. The summed E-state index contributed by atoms with van der Waals surface area (Å²) in [5.74, 6) is 0.710. The monoisotopic (exact) mass is 369 g/mol. The molecule has 1 saturated carbocycles. The Labute approximate surface area is 160 Å². The summed E-state index contributed by atoms with van der Waals surface area (Å²) < 4.78 is 5.80. The zero-order valence-corrected chi connectivity index (χ0v) is 15.9. The van der Waals surface area contributed by atoms with E-state index in [1.165, 1.54) is 19.3 Å². The minimum absolute atomic E-state index is 0.0813. The summed E-state index contributed by atoms with van der Waals surface area (Å²) in [6.07, 6.45) is 7.67. The van der Waals surface area contributed by atoms with Crippen molar-refractivity contribution in [1.82, 2.24) is 0 Å². The third kappa shape index (κ3) is 3.05. The first kappa shape index (κ1) is 18.4. The van der Waals surface area contributed by atoms with E-state index in [1.807, 2.05) is 36.4 Å². The molecule has 27 heavy (non-hydrogen) atoms. The molecule has 3 unspecified atom stereocenters. The van der Waals surface area contributed by atoms with Crippen molar-refractivity contribution >= 4 is 24.5 Å². The molecule has 1 aromatic carbocycles. The van der Waals surface area contributed by atoms with E-state index in [9.17, 15) is 14.6 Å². The number of hydrogen-bond donors (Lipinski definition) is 1. The smallest absolute Gasteiger partial charge is 0.549 e. The number of benzene rings is 1. The fraction of sp³-hybridized carbons (Fsp3) is 0.524. The predicted octanol–water partition coefficient (Wildman–Crippen LogP) is 2.71. The Kier molecular flexibility index (Phi) is 4.72. The highest BCUT2D eigenvalue weighted by Crippen LogP contribution is 2.43. The summed E-state index contributed by atoms with van der Waals surface area (Å²) in [6, 6.07) is 9.74. The van der Waals surface area contributed by atoms with Gasteiger partial charge in [0.25, 0.3) is 5.97 Å². The number of ketones is 1. The van der Waals surface area contributed by atoms with Gasteiger partial charge in [0.1, 0.15) is 6.54 Å². The molecule has 6 heteroatoms. The van der Waals surface area contributed by atoms with Crippen molar-refractivity contribution in [1.29, 1.82) is 0 Å². The van der Waals surface area contributed by atoms with Crippen LogP contribution >= 0.6 is 0 Å². The highest BCUT2D eigenvalue weighted by molar-refractivity contribution is 6.67. The maximum Gasteiger partial charge on any atom is 0.549 e.